The number of aliphatic hydroxyl groups is 1. The standard InChI is InChI=1S/C15H16ClN3O5/c1-15(2,7-20)19-12(21)8-3-9(16)5-10(4-8)18-13(22)11-6-17-14(23)24-11/h3-6,20H,7H2,1-2H3,(H,17,23)(H,18,22)(H,19,21). The van der Waals surface area contributed by atoms with Crippen molar-refractivity contribution < 1.29 is 19.1 Å². The Balaban J connectivity index is 2.20. The van der Waals surface area contributed by atoms with Crippen molar-refractivity contribution in [2.45, 2.75) is 19.4 Å². The largest absolute Gasteiger partial charge is 0.416 e. The van der Waals surface area contributed by atoms with E-state index in [9.17, 15) is 19.5 Å². The van der Waals surface area contributed by atoms with Crippen LogP contribution in [0.15, 0.2) is 33.6 Å². The summed E-state index contributed by atoms with van der Waals surface area (Å²) in [6.45, 7) is 3.08. The number of hydrogen-bond acceptors (Lipinski definition) is 5. The van der Waals surface area contributed by atoms with Crippen LogP contribution in [0, 0.1) is 0 Å². The Bertz CT molecular complexity index is 825. The van der Waals surface area contributed by atoms with Gasteiger partial charge in [-0.05, 0) is 32.0 Å². The van der Waals surface area contributed by atoms with Gasteiger partial charge in [0, 0.05) is 16.3 Å². The molecule has 2 aromatic rings. The Hall–Kier alpha value is -2.58. The SMILES string of the molecule is CC(C)(CO)NC(=O)c1cc(Cl)cc(NC(=O)c2c[nH]c(=O)o2)c1. The summed E-state index contributed by atoms with van der Waals surface area (Å²) in [5, 5.41) is 14.6. The number of aromatic nitrogens is 1. The molecule has 8 nitrogen and oxygen atoms in total. The first-order valence-corrected chi connectivity index (χ1v) is 7.32. The number of anilines is 1. The van der Waals surface area contributed by atoms with Gasteiger partial charge in [-0.15, -0.1) is 0 Å². The maximum atomic E-state index is 12.2. The van der Waals surface area contributed by atoms with Crippen LogP contribution in [0.2, 0.25) is 5.02 Å². The summed E-state index contributed by atoms with van der Waals surface area (Å²) in [7, 11) is 0. The highest BCUT2D eigenvalue weighted by molar-refractivity contribution is 6.31. The van der Waals surface area contributed by atoms with E-state index >= 15 is 0 Å². The average molecular weight is 354 g/mol. The van der Waals surface area contributed by atoms with E-state index in [-0.39, 0.29) is 28.6 Å². The smallest absolute Gasteiger partial charge is 0.403 e. The van der Waals surface area contributed by atoms with Crippen molar-refractivity contribution in [3.05, 3.63) is 51.3 Å². The molecule has 0 spiro atoms. The minimum atomic E-state index is -0.808. The zero-order valence-electron chi connectivity index (χ0n) is 13.0. The van der Waals surface area contributed by atoms with Crippen molar-refractivity contribution in [2.24, 2.45) is 0 Å². The fourth-order valence-electron chi connectivity index (χ4n) is 1.80. The number of oxazole rings is 1. The number of hydrogen-bond donors (Lipinski definition) is 4. The second-order valence-electron chi connectivity index (χ2n) is 5.72. The predicted molar refractivity (Wildman–Crippen MR) is 87.4 cm³/mol. The Labute approximate surface area is 141 Å². The molecule has 1 aromatic carbocycles. The zero-order valence-corrected chi connectivity index (χ0v) is 13.7. The Morgan fingerprint density at radius 3 is 2.58 bits per heavy atom. The lowest BCUT2D eigenvalue weighted by Gasteiger charge is -2.23. The van der Waals surface area contributed by atoms with Gasteiger partial charge in [-0.25, -0.2) is 4.79 Å². The summed E-state index contributed by atoms with van der Waals surface area (Å²) < 4.78 is 4.64. The van der Waals surface area contributed by atoms with Crippen LogP contribution in [0.1, 0.15) is 34.8 Å². The van der Waals surface area contributed by atoms with Crippen LogP contribution < -0.4 is 16.4 Å². The van der Waals surface area contributed by atoms with Crippen molar-refractivity contribution in [1.82, 2.24) is 10.3 Å². The molecule has 0 bridgehead atoms. The highest BCUT2D eigenvalue weighted by Gasteiger charge is 2.21. The normalized spacial score (nSPS) is 11.2. The molecule has 1 aromatic heterocycles. The monoisotopic (exact) mass is 353 g/mol. The third kappa shape index (κ3) is 4.46. The molecule has 128 valence electrons. The molecule has 4 N–H and O–H groups in total. The van der Waals surface area contributed by atoms with Crippen LogP contribution in [0.5, 0.6) is 0 Å². The van der Waals surface area contributed by atoms with E-state index in [1.165, 1.54) is 18.2 Å². The number of aromatic amines is 1. The van der Waals surface area contributed by atoms with E-state index in [4.69, 9.17) is 11.6 Å². The van der Waals surface area contributed by atoms with Crippen molar-refractivity contribution in [2.75, 3.05) is 11.9 Å². The van der Waals surface area contributed by atoms with Gasteiger partial charge >= 0.3 is 5.76 Å². The lowest BCUT2D eigenvalue weighted by Crippen LogP contribution is -2.46. The maximum absolute atomic E-state index is 12.2. The van der Waals surface area contributed by atoms with Crippen LogP contribution in [-0.2, 0) is 0 Å². The summed E-state index contributed by atoms with van der Waals surface area (Å²) in [4.78, 5) is 37.3. The summed E-state index contributed by atoms with van der Waals surface area (Å²) in [5.41, 5.74) is -0.352. The fraction of sp³-hybridized carbons (Fsp3) is 0.267. The first-order chi connectivity index (χ1) is 11.2. The summed E-state index contributed by atoms with van der Waals surface area (Å²) >= 11 is 5.97. The third-order valence-corrected chi connectivity index (χ3v) is 3.23. The molecule has 24 heavy (non-hydrogen) atoms. The summed E-state index contributed by atoms with van der Waals surface area (Å²) in [5.74, 6) is -2.08. The summed E-state index contributed by atoms with van der Waals surface area (Å²) in [6.07, 6.45) is 1.12. The molecule has 1 heterocycles. The number of carbonyl (C=O) groups excluding carboxylic acids is 2. The quantitative estimate of drug-likeness (QED) is 0.646. The first kappa shape index (κ1) is 17.8. The van der Waals surface area contributed by atoms with E-state index in [0.717, 1.165) is 6.20 Å². The highest BCUT2D eigenvalue weighted by Crippen LogP contribution is 2.20. The van der Waals surface area contributed by atoms with Crippen molar-refractivity contribution >= 4 is 29.1 Å². The van der Waals surface area contributed by atoms with Gasteiger partial charge in [0.05, 0.1) is 18.3 Å². The van der Waals surface area contributed by atoms with Gasteiger partial charge in [0.2, 0.25) is 5.76 Å². The lowest BCUT2D eigenvalue weighted by molar-refractivity contribution is 0.0868. The van der Waals surface area contributed by atoms with Crippen LogP contribution in [0.4, 0.5) is 5.69 Å². The number of aliphatic hydroxyl groups excluding tert-OH is 1. The number of carbonyl (C=O) groups is 2. The number of benzene rings is 1. The maximum Gasteiger partial charge on any atom is 0.416 e. The Morgan fingerprint density at radius 1 is 1.29 bits per heavy atom. The molecule has 0 saturated heterocycles. The average Bonchev–Trinajstić information content (AvgIpc) is 2.93. The van der Waals surface area contributed by atoms with E-state index in [1.54, 1.807) is 13.8 Å². The zero-order chi connectivity index (χ0) is 17.9. The molecule has 0 radical (unpaired) electrons. The Morgan fingerprint density at radius 2 is 2.00 bits per heavy atom. The molecule has 2 amide bonds. The number of nitrogens with one attached hydrogen (secondary N) is 3. The third-order valence-electron chi connectivity index (χ3n) is 3.01. The van der Waals surface area contributed by atoms with E-state index < -0.39 is 23.1 Å². The first-order valence-electron chi connectivity index (χ1n) is 6.94. The molecule has 2 rings (SSSR count). The van der Waals surface area contributed by atoms with Gasteiger partial charge in [0.15, 0.2) is 0 Å². The molecule has 9 heteroatoms. The lowest BCUT2D eigenvalue weighted by atomic mass is 10.1. The molecule has 0 aliphatic rings. The van der Waals surface area contributed by atoms with Crippen molar-refractivity contribution in [3.8, 4) is 0 Å². The van der Waals surface area contributed by atoms with Gasteiger partial charge < -0.3 is 20.2 Å². The molecule has 0 saturated carbocycles. The topological polar surface area (TPSA) is 124 Å². The minimum absolute atomic E-state index is 0.201. The molecule has 0 fully saturated rings. The minimum Gasteiger partial charge on any atom is -0.403 e. The molecular weight excluding hydrogens is 338 g/mol. The van der Waals surface area contributed by atoms with Gasteiger partial charge in [0.1, 0.15) is 0 Å². The van der Waals surface area contributed by atoms with E-state index in [0.29, 0.717) is 0 Å². The van der Waals surface area contributed by atoms with Crippen molar-refractivity contribution in [3.63, 3.8) is 0 Å². The van der Waals surface area contributed by atoms with Crippen LogP contribution in [0.25, 0.3) is 0 Å². The van der Waals surface area contributed by atoms with Crippen LogP contribution >= 0.6 is 11.6 Å². The fourth-order valence-corrected chi connectivity index (χ4v) is 2.03. The molecule has 0 aliphatic carbocycles. The molecule has 0 aliphatic heterocycles. The van der Waals surface area contributed by atoms with Gasteiger partial charge in [0.25, 0.3) is 11.8 Å². The van der Waals surface area contributed by atoms with E-state index in [2.05, 4.69) is 20.0 Å². The molecule has 0 unspecified atom stereocenters. The molecule has 0 atom stereocenters. The Kier molecular flexibility index (Phi) is 5.10. The molecular formula is C15H16ClN3O5. The van der Waals surface area contributed by atoms with Gasteiger partial charge in [-0.2, -0.15) is 0 Å². The summed E-state index contributed by atoms with van der Waals surface area (Å²) in [6, 6.07) is 4.28. The van der Waals surface area contributed by atoms with Crippen LogP contribution in [-0.4, -0.2) is 34.1 Å². The highest BCUT2D eigenvalue weighted by atomic mass is 35.5. The second kappa shape index (κ2) is 6.90. The van der Waals surface area contributed by atoms with Gasteiger partial charge in [-0.1, -0.05) is 11.6 Å². The number of amides is 2. The second-order valence-corrected chi connectivity index (χ2v) is 6.16. The van der Waals surface area contributed by atoms with Crippen molar-refractivity contribution in [1.29, 1.82) is 0 Å². The van der Waals surface area contributed by atoms with Crippen LogP contribution in [0.3, 0.4) is 0 Å². The number of rotatable bonds is 5. The van der Waals surface area contributed by atoms with E-state index in [1.807, 2.05) is 0 Å². The number of halogens is 1. The predicted octanol–water partition coefficient (Wildman–Crippen LogP) is 1.37. The number of H-pyrrole nitrogens is 1. The van der Waals surface area contributed by atoms with Gasteiger partial charge in [-0.3, -0.25) is 14.6 Å².